The number of piperazine rings is 1. The summed E-state index contributed by atoms with van der Waals surface area (Å²) in [5, 5.41) is 8.80. The zero-order valence-corrected chi connectivity index (χ0v) is 13.3. The second-order valence-electron chi connectivity index (χ2n) is 6.28. The average Bonchev–Trinajstić information content (AvgIpc) is 2.56. The third-order valence-electron chi connectivity index (χ3n) is 4.80. The molecule has 6 heteroatoms. The maximum Gasteiger partial charge on any atom is 0.150 e. The van der Waals surface area contributed by atoms with Crippen LogP contribution in [-0.2, 0) is 4.74 Å². The molecule has 0 saturated carbocycles. The van der Waals surface area contributed by atoms with Gasteiger partial charge >= 0.3 is 0 Å². The molecule has 0 radical (unpaired) electrons. The minimum absolute atomic E-state index is 0.0110. The third kappa shape index (κ3) is 3.31. The Kier molecular flexibility index (Phi) is 4.79. The van der Waals surface area contributed by atoms with Gasteiger partial charge in [0.05, 0.1) is 11.6 Å². The first kappa shape index (κ1) is 16.2. The van der Waals surface area contributed by atoms with Crippen LogP contribution in [0.2, 0.25) is 0 Å². The molecule has 0 N–H and O–H groups in total. The molecule has 0 aromatic heterocycles. The summed E-state index contributed by atoms with van der Waals surface area (Å²) in [5.41, 5.74) is 0.000345. The zero-order valence-electron chi connectivity index (χ0n) is 13.3. The molecule has 2 aliphatic heterocycles. The Bertz CT molecular complexity index is 587. The fourth-order valence-electron chi connectivity index (χ4n) is 3.60. The minimum Gasteiger partial charge on any atom is -0.381 e. The summed E-state index contributed by atoms with van der Waals surface area (Å²) < 4.78 is 33.9. The van der Waals surface area contributed by atoms with Gasteiger partial charge in [0.1, 0.15) is 5.69 Å². The summed E-state index contributed by atoms with van der Waals surface area (Å²) in [4.78, 5) is 4.19. The van der Waals surface area contributed by atoms with Crippen LogP contribution >= 0.6 is 0 Å². The number of ether oxygens (including phenoxy) is 1. The number of hydrogen-bond donors (Lipinski definition) is 0. The van der Waals surface area contributed by atoms with Crippen LogP contribution in [-0.4, -0.2) is 49.8 Å². The van der Waals surface area contributed by atoms with Crippen molar-refractivity contribution in [2.75, 3.05) is 37.7 Å². The molecule has 2 saturated heterocycles. The highest BCUT2D eigenvalue weighted by molar-refractivity contribution is 5.53. The molecule has 2 fully saturated rings. The number of anilines is 1. The second kappa shape index (κ2) is 6.81. The molecule has 1 aromatic rings. The predicted octanol–water partition coefficient (Wildman–Crippen LogP) is 2.53. The normalized spacial score (nSPS) is 23.7. The van der Waals surface area contributed by atoms with Gasteiger partial charge in [-0.2, -0.15) is 5.26 Å². The van der Waals surface area contributed by atoms with Crippen LogP contribution in [0.1, 0.15) is 25.3 Å². The van der Waals surface area contributed by atoms with Crippen molar-refractivity contribution in [2.45, 2.75) is 31.8 Å². The quantitative estimate of drug-likeness (QED) is 0.839. The standard InChI is InChI=1S/C17H21F2N3O/c1-12-11-21(14-2-6-23-7-3-14)4-5-22(12)17-15(18)8-13(10-20)9-16(17)19/h8-9,12,14H,2-7,11H2,1H3/t12-/m1/s1. The van der Waals surface area contributed by atoms with Crippen molar-refractivity contribution in [2.24, 2.45) is 0 Å². The molecule has 2 aliphatic rings. The maximum absolute atomic E-state index is 14.2. The van der Waals surface area contributed by atoms with Crippen LogP contribution in [0.3, 0.4) is 0 Å². The number of nitrogens with zero attached hydrogens (tertiary/aromatic N) is 3. The van der Waals surface area contributed by atoms with Crippen LogP contribution in [0.25, 0.3) is 0 Å². The second-order valence-corrected chi connectivity index (χ2v) is 6.28. The van der Waals surface area contributed by atoms with Gasteiger partial charge in [-0.3, -0.25) is 4.90 Å². The summed E-state index contributed by atoms with van der Waals surface area (Å²) in [6, 6.07) is 4.52. The summed E-state index contributed by atoms with van der Waals surface area (Å²) in [6.07, 6.45) is 2.04. The van der Waals surface area contributed by atoms with E-state index in [1.807, 2.05) is 6.92 Å². The molecule has 1 aromatic carbocycles. The third-order valence-corrected chi connectivity index (χ3v) is 4.80. The highest BCUT2D eigenvalue weighted by Crippen LogP contribution is 2.29. The van der Waals surface area contributed by atoms with Crippen molar-refractivity contribution in [1.29, 1.82) is 5.26 Å². The molecule has 2 heterocycles. The van der Waals surface area contributed by atoms with Crippen molar-refractivity contribution >= 4 is 5.69 Å². The first-order valence-corrected chi connectivity index (χ1v) is 8.07. The molecular weight excluding hydrogens is 300 g/mol. The van der Waals surface area contributed by atoms with Crippen LogP contribution in [0.4, 0.5) is 14.5 Å². The Morgan fingerprint density at radius 3 is 2.39 bits per heavy atom. The Morgan fingerprint density at radius 1 is 1.17 bits per heavy atom. The monoisotopic (exact) mass is 321 g/mol. The lowest BCUT2D eigenvalue weighted by Crippen LogP contribution is -2.56. The SMILES string of the molecule is C[C@@H]1CN(C2CCOCC2)CCN1c1c(F)cc(C#N)cc1F. The van der Waals surface area contributed by atoms with Gasteiger partial charge in [0.2, 0.25) is 0 Å². The van der Waals surface area contributed by atoms with E-state index in [9.17, 15) is 8.78 Å². The van der Waals surface area contributed by atoms with Crippen LogP contribution in [0, 0.1) is 23.0 Å². The Morgan fingerprint density at radius 2 is 1.83 bits per heavy atom. The van der Waals surface area contributed by atoms with E-state index in [0.29, 0.717) is 12.6 Å². The van der Waals surface area contributed by atoms with Crippen molar-refractivity contribution < 1.29 is 13.5 Å². The van der Waals surface area contributed by atoms with E-state index in [1.165, 1.54) is 0 Å². The van der Waals surface area contributed by atoms with Crippen molar-refractivity contribution in [3.8, 4) is 6.07 Å². The molecule has 0 aliphatic carbocycles. The van der Waals surface area contributed by atoms with Gasteiger partial charge in [-0.15, -0.1) is 0 Å². The Balaban J connectivity index is 1.75. The van der Waals surface area contributed by atoms with Crippen LogP contribution in [0.5, 0.6) is 0 Å². The molecule has 3 rings (SSSR count). The van der Waals surface area contributed by atoms with Crippen LogP contribution in [0.15, 0.2) is 12.1 Å². The fourth-order valence-corrected chi connectivity index (χ4v) is 3.60. The van der Waals surface area contributed by atoms with Crippen LogP contribution < -0.4 is 4.90 Å². The summed E-state index contributed by atoms with van der Waals surface area (Å²) in [7, 11) is 0. The van der Waals surface area contributed by atoms with E-state index in [0.717, 1.165) is 51.3 Å². The largest absolute Gasteiger partial charge is 0.381 e. The smallest absolute Gasteiger partial charge is 0.150 e. The first-order chi connectivity index (χ1) is 11.1. The minimum atomic E-state index is -0.659. The van der Waals surface area contributed by atoms with E-state index in [1.54, 1.807) is 11.0 Å². The number of rotatable bonds is 2. The molecule has 0 spiro atoms. The summed E-state index contributed by atoms with van der Waals surface area (Å²) in [5.74, 6) is -1.32. The molecule has 0 unspecified atom stereocenters. The Hall–Kier alpha value is -1.71. The summed E-state index contributed by atoms with van der Waals surface area (Å²) >= 11 is 0. The molecule has 23 heavy (non-hydrogen) atoms. The highest BCUT2D eigenvalue weighted by atomic mass is 19.1. The molecular formula is C17H21F2N3O. The molecule has 124 valence electrons. The van der Waals surface area contributed by atoms with Gasteiger partial charge in [-0.25, -0.2) is 8.78 Å². The molecule has 0 amide bonds. The molecule has 4 nitrogen and oxygen atoms in total. The average molecular weight is 321 g/mol. The number of nitriles is 1. The predicted molar refractivity (Wildman–Crippen MR) is 83.3 cm³/mol. The van der Waals surface area contributed by atoms with Crippen molar-refractivity contribution in [3.63, 3.8) is 0 Å². The first-order valence-electron chi connectivity index (χ1n) is 8.07. The topological polar surface area (TPSA) is 39.5 Å². The lowest BCUT2D eigenvalue weighted by molar-refractivity contribution is 0.0279. The zero-order chi connectivity index (χ0) is 16.4. The van der Waals surface area contributed by atoms with E-state index >= 15 is 0 Å². The highest BCUT2D eigenvalue weighted by Gasteiger charge is 2.32. The van der Waals surface area contributed by atoms with Gasteiger partial charge in [-0.1, -0.05) is 0 Å². The lowest BCUT2D eigenvalue weighted by Gasteiger charge is -2.45. The van der Waals surface area contributed by atoms with Gasteiger partial charge in [0.25, 0.3) is 0 Å². The van der Waals surface area contributed by atoms with Gasteiger partial charge in [-0.05, 0) is 31.9 Å². The molecule has 1 atom stereocenters. The van der Waals surface area contributed by atoms with E-state index < -0.39 is 11.6 Å². The Labute approximate surface area is 135 Å². The van der Waals surface area contributed by atoms with Gasteiger partial charge in [0, 0.05) is 44.9 Å². The maximum atomic E-state index is 14.2. The van der Waals surface area contributed by atoms with Gasteiger partial charge in [0.15, 0.2) is 11.6 Å². The van der Waals surface area contributed by atoms with Gasteiger partial charge < -0.3 is 9.64 Å². The number of benzene rings is 1. The van der Waals surface area contributed by atoms with Crippen molar-refractivity contribution in [3.05, 3.63) is 29.3 Å². The number of hydrogen-bond acceptors (Lipinski definition) is 4. The van der Waals surface area contributed by atoms with Crippen molar-refractivity contribution in [1.82, 2.24) is 4.90 Å². The summed E-state index contributed by atoms with van der Waals surface area (Å²) in [6.45, 7) is 5.72. The lowest BCUT2D eigenvalue weighted by atomic mass is 10.0. The van der Waals surface area contributed by atoms with E-state index in [2.05, 4.69) is 4.90 Å². The molecule has 0 bridgehead atoms. The fraction of sp³-hybridized carbons (Fsp3) is 0.588. The van der Waals surface area contributed by atoms with E-state index in [-0.39, 0.29) is 17.3 Å². The number of halogens is 2. The van der Waals surface area contributed by atoms with E-state index in [4.69, 9.17) is 10.00 Å².